The predicted octanol–water partition coefficient (Wildman–Crippen LogP) is 3.43. The number of benzene rings is 1. The molecule has 0 amide bonds. The Bertz CT molecular complexity index is 584. The van der Waals surface area contributed by atoms with Crippen LogP contribution in [-0.2, 0) is 4.79 Å². The zero-order valence-electron chi connectivity index (χ0n) is 14.3. The molecule has 2 heterocycles. The van der Waals surface area contributed by atoms with E-state index < -0.39 is 5.97 Å². The number of rotatable bonds is 6. The maximum Gasteiger partial charge on any atom is 0.308 e. The number of aliphatic carboxylic acids is 1. The van der Waals surface area contributed by atoms with Crippen molar-refractivity contribution in [2.45, 2.75) is 58.0 Å². The highest BCUT2D eigenvalue weighted by Crippen LogP contribution is 2.41. The van der Waals surface area contributed by atoms with Gasteiger partial charge in [0.15, 0.2) is 0 Å². The summed E-state index contributed by atoms with van der Waals surface area (Å²) in [6, 6.07) is 6.95. The van der Waals surface area contributed by atoms with Crippen LogP contribution >= 0.6 is 0 Å². The molecule has 4 nitrogen and oxygen atoms in total. The number of carboxylic acids is 1. The molecule has 0 aromatic heterocycles. The summed E-state index contributed by atoms with van der Waals surface area (Å²) >= 11 is 0. The summed E-state index contributed by atoms with van der Waals surface area (Å²) in [5.74, 6) is 0.620. The Kier molecular flexibility index (Phi) is 4.62. The molecule has 23 heavy (non-hydrogen) atoms. The first-order valence-electron chi connectivity index (χ1n) is 8.69. The quantitative estimate of drug-likeness (QED) is 0.873. The van der Waals surface area contributed by atoms with Crippen molar-refractivity contribution < 1.29 is 14.6 Å². The Labute approximate surface area is 138 Å². The molecule has 3 rings (SSSR count). The second-order valence-corrected chi connectivity index (χ2v) is 7.24. The van der Waals surface area contributed by atoms with Gasteiger partial charge in [-0.05, 0) is 55.4 Å². The number of nitrogens with zero attached hydrogens (tertiary/aromatic N) is 1. The monoisotopic (exact) mass is 317 g/mol. The van der Waals surface area contributed by atoms with Crippen LogP contribution in [0.15, 0.2) is 18.2 Å². The summed E-state index contributed by atoms with van der Waals surface area (Å²) in [6.07, 6.45) is 2.96. The Hall–Kier alpha value is -1.55. The van der Waals surface area contributed by atoms with E-state index in [1.807, 2.05) is 6.07 Å². The lowest BCUT2D eigenvalue weighted by atomic mass is 9.89. The third-order valence-corrected chi connectivity index (χ3v) is 5.48. The minimum absolute atomic E-state index is 0.179. The van der Waals surface area contributed by atoms with Gasteiger partial charge in [-0.15, -0.1) is 0 Å². The first kappa shape index (κ1) is 16.3. The molecule has 0 aliphatic carbocycles. The van der Waals surface area contributed by atoms with Crippen molar-refractivity contribution in [3.05, 3.63) is 29.3 Å². The lowest BCUT2D eigenvalue weighted by Crippen LogP contribution is -2.35. The summed E-state index contributed by atoms with van der Waals surface area (Å²) in [7, 11) is 0. The number of fused-ring (bicyclic) bond motifs is 2. The van der Waals surface area contributed by atoms with E-state index in [4.69, 9.17) is 4.74 Å². The fourth-order valence-corrected chi connectivity index (χ4v) is 4.37. The molecule has 0 spiro atoms. The molecule has 2 aliphatic heterocycles. The zero-order valence-corrected chi connectivity index (χ0v) is 14.3. The highest BCUT2D eigenvalue weighted by Gasteiger charge is 2.48. The van der Waals surface area contributed by atoms with Crippen molar-refractivity contribution in [1.29, 1.82) is 0 Å². The van der Waals surface area contributed by atoms with E-state index in [-0.39, 0.29) is 12.0 Å². The van der Waals surface area contributed by atoms with E-state index in [0.717, 1.165) is 31.6 Å². The minimum atomic E-state index is -0.636. The van der Waals surface area contributed by atoms with Gasteiger partial charge in [-0.1, -0.05) is 19.9 Å². The molecular weight excluding hydrogens is 290 g/mol. The smallest absolute Gasteiger partial charge is 0.308 e. The van der Waals surface area contributed by atoms with Crippen LogP contribution in [0.4, 0.5) is 0 Å². The Morgan fingerprint density at radius 3 is 2.78 bits per heavy atom. The van der Waals surface area contributed by atoms with Gasteiger partial charge in [0, 0.05) is 18.6 Å². The van der Waals surface area contributed by atoms with Gasteiger partial charge in [-0.3, -0.25) is 9.69 Å². The second kappa shape index (κ2) is 6.52. The number of carbonyl (C=O) groups is 1. The summed E-state index contributed by atoms with van der Waals surface area (Å²) in [5, 5.41) is 9.30. The van der Waals surface area contributed by atoms with E-state index in [0.29, 0.717) is 18.6 Å². The fourth-order valence-electron chi connectivity index (χ4n) is 4.37. The van der Waals surface area contributed by atoms with Crippen LogP contribution in [0.3, 0.4) is 0 Å². The maximum atomic E-state index is 11.3. The normalized spacial score (nSPS) is 26.9. The predicted molar refractivity (Wildman–Crippen MR) is 90.0 cm³/mol. The molecule has 1 N–H and O–H groups in total. The van der Waals surface area contributed by atoms with Gasteiger partial charge >= 0.3 is 5.97 Å². The first-order valence-corrected chi connectivity index (χ1v) is 8.69. The van der Waals surface area contributed by atoms with Gasteiger partial charge in [-0.2, -0.15) is 0 Å². The summed E-state index contributed by atoms with van der Waals surface area (Å²) < 4.78 is 5.91. The van der Waals surface area contributed by atoms with Crippen LogP contribution < -0.4 is 4.74 Å². The van der Waals surface area contributed by atoms with Crippen molar-refractivity contribution in [3.63, 3.8) is 0 Å². The number of hydrogen-bond donors (Lipinski definition) is 1. The number of ether oxygens (including phenoxy) is 1. The maximum absolute atomic E-state index is 11.3. The van der Waals surface area contributed by atoms with Gasteiger partial charge < -0.3 is 9.84 Å². The van der Waals surface area contributed by atoms with Crippen LogP contribution in [-0.4, -0.2) is 41.2 Å². The Balaban J connectivity index is 1.54. The molecule has 3 atom stereocenters. The van der Waals surface area contributed by atoms with Crippen molar-refractivity contribution >= 4 is 5.97 Å². The van der Waals surface area contributed by atoms with Gasteiger partial charge in [-0.25, -0.2) is 0 Å². The van der Waals surface area contributed by atoms with Crippen molar-refractivity contribution in [3.8, 4) is 5.75 Å². The number of carboxylic acid groups (broad SMARTS) is 1. The minimum Gasteiger partial charge on any atom is -0.492 e. The largest absolute Gasteiger partial charge is 0.492 e. The van der Waals surface area contributed by atoms with Crippen LogP contribution in [0.2, 0.25) is 0 Å². The standard InChI is InChI=1S/C19H27NO3/c1-12(2)16-6-5-15(10-13(16)3)23-9-8-20-14-4-7-18(20)17(11-14)19(21)22/h5-6,10,12,14,17-18H,4,7-9,11H2,1-3H3,(H,21,22). The van der Waals surface area contributed by atoms with Crippen LogP contribution in [0.1, 0.15) is 50.2 Å². The van der Waals surface area contributed by atoms with E-state index in [9.17, 15) is 9.90 Å². The molecule has 3 unspecified atom stereocenters. The third-order valence-electron chi connectivity index (χ3n) is 5.48. The molecule has 2 aliphatic rings. The lowest BCUT2D eigenvalue weighted by molar-refractivity contribution is -0.142. The average molecular weight is 317 g/mol. The van der Waals surface area contributed by atoms with Crippen molar-refractivity contribution in [2.75, 3.05) is 13.2 Å². The van der Waals surface area contributed by atoms with Crippen LogP contribution in [0.25, 0.3) is 0 Å². The molecule has 1 aromatic rings. The molecule has 0 saturated carbocycles. The molecule has 4 heteroatoms. The van der Waals surface area contributed by atoms with Crippen LogP contribution in [0, 0.1) is 12.8 Å². The van der Waals surface area contributed by atoms with E-state index >= 15 is 0 Å². The van der Waals surface area contributed by atoms with E-state index in [1.165, 1.54) is 11.1 Å². The second-order valence-electron chi connectivity index (χ2n) is 7.24. The van der Waals surface area contributed by atoms with Crippen molar-refractivity contribution in [1.82, 2.24) is 4.90 Å². The van der Waals surface area contributed by atoms with Crippen LogP contribution in [0.5, 0.6) is 5.75 Å². The summed E-state index contributed by atoms with van der Waals surface area (Å²) in [6.45, 7) is 7.97. The van der Waals surface area contributed by atoms with E-state index in [1.54, 1.807) is 0 Å². The molecule has 2 fully saturated rings. The van der Waals surface area contributed by atoms with Crippen molar-refractivity contribution in [2.24, 2.45) is 5.92 Å². The van der Waals surface area contributed by atoms with Gasteiger partial charge in [0.1, 0.15) is 12.4 Å². The van der Waals surface area contributed by atoms with E-state index in [2.05, 4.69) is 37.8 Å². The average Bonchev–Trinajstić information content (AvgIpc) is 3.04. The fraction of sp³-hybridized carbons (Fsp3) is 0.632. The zero-order chi connectivity index (χ0) is 16.6. The topological polar surface area (TPSA) is 49.8 Å². The van der Waals surface area contributed by atoms with Gasteiger partial charge in [0.2, 0.25) is 0 Å². The highest BCUT2D eigenvalue weighted by atomic mass is 16.5. The Morgan fingerprint density at radius 1 is 1.39 bits per heavy atom. The SMILES string of the molecule is Cc1cc(OCCN2C3CCC2C(C(=O)O)C3)ccc1C(C)C. The van der Waals surface area contributed by atoms with Gasteiger partial charge in [0.05, 0.1) is 5.92 Å². The number of aryl methyl sites for hydroxylation is 1. The molecule has 126 valence electrons. The molecule has 2 saturated heterocycles. The molecule has 1 aromatic carbocycles. The number of hydrogen-bond acceptors (Lipinski definition) is 3. The summed E-state index contributed by atoms with van der Waals surface area (Å²) in [5.41, 5.74) is 2.63. The summed E-state index contributed by atoms with van der Waals surface area (Å²) in [4.78, 5) is 13.7. The highest BCUT2D eigenvalue weighted by molar-refractivity contribution is 5.71. The van der Waals surface area contributed by atoms with Gasteiger partial charge in [0.25, 0.3) is 0 Å². The molecule has 2 bridgehead atoms. The first-order chi connectivity index (χ1) is 11.0. The molecule has 0 radical (unpaired) electrons. The molecular formula is C19H27NO3. The third kappa shape index (κ3) is 3.23. The lowest BCUT2D eigenvalue weighted by Gasteiger charge is -2.22. The Morgan fingerprint density at radius 2 is 2.17 bits per heavy atom.